The molecule has 6 heteroatoms. The van der Waals surface area contributed by atoms with Crippen molar-refractivity contribution in [1.29, 1.82) is 0 Å². The summed E-state index contributed by atoms with van der Waals surface area (Å²) < 4.78 is 26.7. The van der Waals surface area contributed by atoms with Crippen molar-refractivity contribution in [2.24, 2.45) is 5.92 Å². The zero-order chi connectivity index (χ0) is 14.6. The Morgan fingerprint density at radius 2 is 2.20 bits per heavy atom. The van der Waals surface area contributed by atoms with E-state index >= 15 is 0 Å². The summed E-state index contributed by atoms with van der Waals surface area (Å²) in [7, 11) is -3.18. The number of nitrogen functional groups attached to an aromatic ring is 1. The number of hydrogen-bond acceptors (Lipinski definition) is 4. The summed E-state index contributed by atoms with van der Waals surface area (Å²) in [5, 5.41) is 0. The number of benzene rings is 1. The van der Waals surface area contributed by atoms with Gasteiger partial charge in [-0.25, -0.2) is 13.1 Å². The van der Waals surface area contributed by atoms with Crippen LogP contribution in [0.2, 0.25) is 0 Å². The molecule has 3 N–H and O–H groups in total. The molecule has 1 aliphatic carbocycles. The minimum atomic E-state index is -3.18. The number of nitrogens with two attached hydrogens (primary N) is 1. The number of thioether (sulfide) groups is 1. The Bertz CT molecular complexity index is 542. The van der Waals surface area contributed by atoms with Crippen LogP contribution in [0.25, 0.3) is 0 Å². The standard InChI is InChI=1S/C14H22N2O2S2/c1-11(9-12-5-6-12)16-20(17,18)8-7-19-14-4-2-3-13(15)10-14/h2-4,10-12,16H,5-9,15H2,1H3. The van der Waals surface area contributed by atoms with Crippen molar-refractivity contribution in [2.45, 2.75) is 37.1 Å². The molecule has 1 fully saturated rings. The van der Waals surface area contributed by atoms with E-state index in [0.717, 1.165) is 17.2 Å². The Morgan fingerprint density at radius 3 is 2.85 bits per heavy atom. The van der Waals surface area contributed by atoms with Crippen LogP contribution in [0.15, 0.2) is 29.2 Å². The van der Waals surface area contributed by atoms with Gasteiger partial charge in [-0.15, -0.1) is 11.8 Å². The van der Waals surface area contributed by atoms with Crippen LogP contribution < -0.4 is 10.5 Å². The van der Waals surface area contributed by atoms with Crippen LogP contribution in [-0.4, -0.2) is 26.0 Å². The van der Waals surface area contributed by atoms with Gasteiger partial charge in [0, 0.05) is 22.4 Å². The van der Waals surface area contributed by atoms with Crippen molar-refractivity contribution in [3.05, 3.63) is 24.3 Å². The van der Waals surface area contributed by atoms with Gasteiger partial charge in [0.1, 0.15) is 0 Å². The van der Waals surface area contributed by atoms with E-state index < -0.39 is 10.0 Å². The normalized spacial score (nSPS) is 17.1. The van der Waals surface area contributed by atoms with Crippen LogP contribution >= 0.6 is 11.8 Å². The number of anilines is 1. The monoisotopic (exact) mass is 314 g/mol. The lowest BCUT2D eigenvalue weighted by Gasteiger charge is -2.13. The highest BCUT2D eigenvalue weighted by Crippen LogP contribution is 2.33. The minimum absolute atomic E-state index is 0.0462. The summed E-state index contributed by atoms with van der Waals surface area (Å²) in [6, 6.07) is 7.55. The number of hydrogen-bond donors (Lipinski definition) is 2. The average Bonchev–Trinajstić information content (AvgIpc) is 3.11. The van der Waals surface area contributed by atoms with Crippen molar-refractivity contribution in [1.82, 2.24) is 4.72 Å². The van der Waals surface area contributed by atoms with Gasteiger partial charge in [0.05, 0.1) is 5.75 Å². The largest absolute Gasteiger partial charge is 0.399 e. The maximum atomic E-state index is 12.0. The molecule has 0 aromatic heterocycles. The van der Waals surface area contributed by atoms with Gasteiger partial charge in [0.15, 0.2) is 0 Å². The number of rotatable bonds is 8. The fraction of sp³-hybridized carbons (Fsp3) is 0.571. The van der Waals surface area contributed by atoms with E-state index in [4.69, 9.17) is 5.73 Å². The van der Waals surface area contributed by atoms with E-state index in [-0.39, 0.29) is 11.8 Å². The van der Waals surface area contributed by atoms with Gasteiger partial charge in [0.25, 0.3) is 0 Å². The van der Waals surface area contributed by atoms with Gasteiger partial charge >= 0.3 is 0 Å². The summed E-state index contributed by atoms with van der Waals surface area (Å²) in [4.78, 5) is 1.01. The lowest BCUT2D eigenvalue weighted by atomic mass is 10.2. The molecule has 0 saturated heterocycles. The van der Waals surface area contributed by atoms with Gasteiger partial charge in [-0.05, 0) is 37.5 Å². The topological polar surface area (TPSA) is 72.2 Å². The fourth-order valence-corrected chi connectivity index (χ4v) is 4.81. The molecular weight excluding hydrogens is 292 g/mol. The molecule has 4 nitrogen and oxygen atoms in total. The second-order valence-corrected chi connectivity index (χ2v) is 8.48. The van der Waals surface area contributed by atoms with Gasteiger partial charge in [-0.2, -0.15) is 0 Å². The Balaban J connectivity index is 1.74. The summed E-state index contributed by atoms with van der Waals surface area (Å²) in [5.74, 6) is 1.41. The predicted octanol–water partition coefficient (Wildman–Crippen LogP) is 2.47. The zero-order valence-electron chi connectivity index (χ0n) is 11.7. The molecule has 112 valence electrons. The van der Waals surface area contributed by atoms with Gasteiger partial charge < -0.3 is 5.73 Å². The lowest BCUT2D eigenvalue weighted by Crippen LogP contribution is -2.35. The van der Waals surface area contributed by atoms with Gasteiger partial charge in [-0.1, -0.05) is 18.9 Å². The molecule has 1 atom stereocenters. The van der Waals surface area contributed by atoms with Gasteiger partial charge in [0.2, 0.25) is 10.0 Å². The highest BCUT2D eigenvalue weighted by Gasteiger charge is 2.25. The van der Waals surface area contributed by atoms with E-state index in [2.05, 4.69) is 4.72 Å². The highest BCUT2D eigenvalue weighted by molar-refractivity contribution is 8.00. The van der Waals surface area contributed by atoms with Crippen molar-refractivity contribution < 1.29 is 8.42 Å². The summed E-state index contributed by atoms with van der Waals surface area (Å²) in [6.07, 6.45) is 3.45. The molecule has 1 aliphatic rings. The maximum absolute atomic E-state index is 12.0. The molecule has 0 amide bonds. The van der Waals surface area contributed by atoms with Crippen LogP contribution in [-0.2, 0) is 10.0 Å². The third-order valence-electron chi connectivity index (χ3n) is 3.24. The maximum Gasteiger partial charge on any atom is 0.212 e. The Kier molecular flexibility index (Phi) is 5.35. The highest BCUT2D eigenvalue weighted by atomic mass is 32.2. The molecule has 1 unspecified atom stereocenters. The molecule has 0 spiro atoms. The Labute approximate surface area is 125 Å². The molecule has 1 aromatic rings. The first-order valence-electron chi connectivity index (χ1n) is 6.93. The van der Waals surface area contributed by atoms with Crippen molar-refractivity contribution >= 4 is 27.5 Å². The summed E-state index contributed by atoms with van der Waals surface area (Å²) in [5.41, 5.74) is 6.39. The van der Waals surface area contributed by atoms with Gasteiger partial charge in [-0.3, -0.25) is 0 Å². The van der Waals surface area contributed by atoms with E-state index in [1.54, 1.807) is 0 Å². The second kappa shape index (κ2) is 6.83. The quantitative estimate of drug-likeness (QED) is 0.571. The van der Waals surface area contributed by atoms with E-state index in [0.29, 0.717) is 11.4 Å². The SMILES string of the molecule is CC(CC1CC1)NS(=O)(=O)CCSc1cccc(N)c1. The summed E-state index contributed by atoms with van der Waals surface area (Å²) >= 11 is 1.52. The molecule has 20 heavy (non-hydrogen) atoms. The lowest BCUT2D eigenvalue weighted by molar-refractivity contribution is 0.531. The van der Waals surface area contributed by atoms with E-state index in [1.165, 1.54) is 24.6 Å². The van der Waals surface area contributed by atoms with E-state index in [9.17, 15) is 8.42 Å². The molecule has 1 saturated carbocycles. The Hall–Kier alpha value is -0.720. The van der Waals surface area contributed by atoms with Crippen LogP contribution in [0.3, 0.4) is 0 Å². The molecule has 0 aliphatic heterocycles. The molecule has 0 radical (unpaired) electrons. The third-order valence-corrected chi connectivity index (χ3v) is 6.00. The van der Waals surface area contributed by atoms with Crippen LogP contribution in [0.4, 0.5) is 5.69 Å². The molecule has 0 heterocycles. The first-order valence-corrected chi connectivity index (χ1v) is 9.57. The zero-order valence-corrected chi connectivity index (χ0v) is 13.3. The molecule has 2 rings (SSSR count). The molecule has 0 bridgehead atoms. The van der Waals surface area contributed by atoms with Crippen molar-refractivity contribution in [3.8, 4) is 0 Å². The van der Waals surface area contributed by atoms with Crippen LogP contribution in [0.1, 0.15) is 26.2 Å². The minimum Gasteiger partial charge on any atom is -0.399 e. The smallest absolute Gasteiger partial charge is 0.212 e. The predicted molar refractivity (Wildman–Crippen MR) is 85.3 cm³/mol. The average molecular weight is 314 g/mol. The van der Waals surface area contributed by atoms with Crippen molar-refractivity contribution in [2.75, 3.05) is 17.2 Å². The second-order valence-electron chi connectivity index (χ2n) is 5.44. The number of nitrogens with one attached hydrogen (secondary N) is 1. The summed E-state index contributed by atoms with van der Waals surface area (Å²) in [6.45, 7) is 1.95. The molecule has 1 aromatic carbocycles. The number of sulfonamides is 1. The van der Waals surface area contributed by atoms with E-state index in [1.807, 2.05) is 31.2 Å². The Morgan fingerprint density at radius 1 is 1.45 bits per heavy atom. The van der Waals surface area contributed by atoms with Crippen LogP contribution in [0, 0.1) is 5.92 Å². The first-order chi connectivity index (χ1) is 9.44. The first kappa shape index (κ1) is 15.7. The fourth-order valence-electron chi connectivity index (χ4n) is 2.14. The third kappa shape index (κ3) is 5.73. The van der Waals surface area contributed by atoms with Crippen LogP contribution in [0.5, 0.6) is 0 Å². The van der Waals surface area contributed by atoms with Crippen molar-refractivity contribution in [3.63, 3.8) is 0 Å². The molecular formula is C14H22N2O2S2.